The second-order valence-corrected chi connectivity index (χ2v) is 9.76. The average Bonchev–Trinajstić information content (AvgIpc) is 2.74. The molecule has 0 spiro atoms. The summed E-state index contributed by atoms with van der Waals surface area (Å²) in [5.74, 6) is -1.97. The van der Waals surface area contributed by atoms with E-state index in [0.717, 1.165) is 4.90 Å². The zero-order valence-electron chi connectivity index (χ0n) is 16.9. The van der Waals surface area contributed by atoms with Crippen molar-refractivity contribution in [2.75, 3.05) is 44.8 Å². The molecule has 7 N–H and O–H groups in total. The van der Waals surface area contributed by atoms with Crippen LogP contribution in [0.4, 0.5) is 5.69 Å². The first-order chi connectivity index (χ1) is 15.0. The van der Waals surface area contributed by atoms with Gasteiger partial charge in [0.2, 0.25) is 0 Å². The number of amides is 3. The summed E-state index contributed by atoms with van der Waals surface area (Å²) >= 11 is 5.51. The number of hydrogen-bond acceptors (Lipinski definition) is 8. The number of halogens is 3. The zero-order chi connectivity index (χ0) is 24.6. The van der Waals surface area contributed by atoms with Gasteiger partial charge in [-0.25, -0.2) is 0 Å². The van der Waals surface area contributed by atoms with Gasteiger partial charge in [-0.1, -0.05) is 0 Å². The van der Waals surface area contributed by atoms with E-state index in [1.807, 2.05) is 67.8 Å². The van der Waals surface area contributed by atoms with Crippen LogP contribution in [0.2, 0.25) is 0 Å². The Labute approximate surface area is 225 Å². The van der Waals surface area contributed by atoms with Crippen LogP contribution in [0.5, 0.6) is 0 Å². The predicted molar refractivity (Wildman–Crippen MR) is 140 cm³/mol. The van der Waals surface area contributed by atoms with Gasteiger partial charge in [0.05, 0.1) is 49.9 Å². The summed E-state index contributed by atoms with van der Waals surface area (Å²) < 4.78 is 0.866. The van der Waals surface area contributed by atoms with Crippen LogP contribution >= 0.6 is 67.8 Å². The summed E-state index contributed by atoms with van der Waals surface area (Å²) in [6.45, 7) is -0.483. The molecule has 1 aromatic rings. The Morgan fingerprint density at radius 3 is 2.06 bits per heavy atom. The second kappa shape index (κ2) is 14.1. The lowest BCUT2D eigenvalue weighted by atomic mass is 10.1. The van der Waals surface area contributed by atoms with E-state index in [4.69, 9.17) is 10.2 Å². The smallest absolute Gasteiger partial charge is 0.256 e. The summed E-state index contributed by atoms with van der Waals surface area (Å²) in [6, 6.07) is 0. The Balaban J connectivity index is 3.72. The van der Waals surface area contributed by atoms with Gasteiger partial charge >= 0.3 is 0 Å². The second-order valence-electron chi connectivity index (χ2n) is 6.52. The molecule has 0 aromatic heterocycles. The minimum absolute atomic E-state index is 0.0328. The molecule has 0 saturated carbocycles. The highest BCUT2D eigenvalue weighted by Crippen LogP contribution is 2.36. The van der Waals surface area contributed by atoms with Gasteiger partial charge in [0, 0.05) is 23.2 Å². The number of benzene rings is 1. The molecule has 14 heteroatoms. The molecule has 0 radical (unpaired) electrons. The van der Waals surface area contributed by atoms with Crippen molar-refractivity contribution in [2.45, 2.75) is 19.1 Å². The molecule has 0 aliphatic carbocycles. The van der Waals surface area contributed by atoms with Gasteiger partial charge in [-0.2, -0.15) is 0 Å². The molecule has 2 atom stereocenters. The normalized spacial score (nSPS) is 12.8. The first-order valence-corrected chi connectivity index (χ1v) is 12.5. The maximum atomic E-state index is 13.4. The van der Waals surface area contributed by atoms with Crippen molar-refractivity contribution < 1.29 is 39.9 Å². The number of nitrogens with zero attached hydrogens (tertiary/aromatic N) is 1. The quantitative estimate of drug-likeness (QED) is 0.144. The van der Waals surface area contributed by atoms with Gasteiger partial charge in [-0.15, -0.1) is 0 Å². The zero-order valence-corrected chi connectivity index (χ0v) is 23.4. The molecule has 2 unspecified atom stereocenters. The van der Waals surface area contributed by atoms with Crippen molar-refractivity contribution in [1.82, 2.24) is 10.2 Å². The number of aliphatic hydroxyl groups excluding tert-OH is 5. The van der Waals surface area contributed by atoms with Crippen LogP contribution in [-0.4, -0.2) is 99.8 Å². The number of hydrogen-bond donors (Lipinski definition) is 7. The molecule has 0 saturated heterocycles. The van der Waals surface area contributed by atoms with Crippen molar-refractivity contribution in [1.29, 1.82) is 0 Å². The summed E-state index contributed by atoms with van der Waals surface area (Å²) in [5.41, 5.74) is 0.262. The SMILES string of the molecule is CC(O)C(=O)Nc1c(I)c(C(=O)NCCO)c(I)c(C(=O)N(CCO)CC(O)CO)c1I. The van der Waals surface area contributed by atoms with E-state index in [2.05, 4.69) is 10.6 Å². The predicted octanol–water partition coefficient (Wildman–Crippen LogP) is -0.671. The maximum absolute atomic E-state index is 13.4. The largest absolute Gasteiger partial charge is 0.395 e. The highest BCUT2D eigenvalue weighted by molar-refractivity contribution is 14.1. The molecule has 1 aromatic carbocycles. The standard InChI is InChI=1S/C18H24I3N3O8/c1-8(28)16(30)23-15-13(20)10(17(31)22-2-4-25)12(19)11(14(15)21)18(32)24(3-5-26)6-9(29)7-27/h8-9,25-29H,2-7H2,1H3,(H,22,31)(H,23,30). The molecule has 32 heavy (non-hydrogen) atoms. The third-order valence-electron chi connectivity index (χ3n) is 4.08. The molecular weight excluding hydrogens is 767 g/mol. The summed E-state index contributed by atoms with van der Waals surface area (Å²) in [5, 5.41) is 52.0. The first-order valence-electron chi connectivity index (χ1n) is 9.29. The number of aliphatic hydroxyl groups is 5. The molecule has 0 bridgehead atoms. The molecule has 0 aliphatic heterocycles. The van der Waals surface area contributed by atoms with Crippen LogP contribution in [0, 0.1) is 10.7 Å². The summed E-state index contributed by atoms with van der Waals surface area (Å²) in [7, 11) is 0. The van der Waals surface area contributed by atoms with E-state index in [0.29, 0.717) is 3.57 Å². The first kappa shape index (κ1) is 29.7. The van der Waals surface area contributed by atoms with Crippen LogP contribution in [0.25, 0.3) is 0 Å². The fraction of sp³-hybridized carbons (Fsp3) is 0.500. The van der Waals surface area contributed by atoms with E-state index in [1.165, 1.54) is 6.92 Å². The lowest BCUT2D eigenvalue weighted by Gasteiger charge is -2.27. The van der Waals surface area contributed by atoms with Crippen LogP contribution < -0.4 is 10.6 Å². The topological polar surface area (TPSA) is 180 Å². The minimum atomic E-state index is -1.35. The third-order valence-corrected chi connectivity index (χ3v) is 7.32. The Bertz CT molecular complexity index is 853. The van der Waals surface area contributed by atoms with E-state index in [9.17, 15) is 29.7 Å². The van der Waals surface area contributed by atoms with E-state index in [-0.39, 0.29) is 50.2 Å². The Morgan fingerprint density at radius 1 is 0.969 bits per heavy atom. The number of rotatable bonds is 11. The number of carbonyl (C=O) groups is 3. The molecule has 0 heterocycles. The van der Waals surface area contributed by atoms with Gasteiger partial charge in [0.25, 0.3) is 17.7 Å². The maximum Gasteiger partial charge on any atom is 0.256 e. The van der Waals surface area contributed by atoms with Crippen LogP contribution in [-0.2, 0) is 4.79 Å². The van der Waals surface area contributed by atoms with Crippen molar-refractivity contribution >= 4 is 91.2 Å². The Hall–Kier alpha value is -0.380. The number of nitrogens with one attached hydrogen (secondary N) is 2. The fourth-order valence-electron chi connectivity index (χ4n) is 2.51. The fourth-order valence-corrected chi connectivity index (χ4v) is 6.90. The van der Waals surface area contributed by atoms with Gasteiger partial charge in [-0.05, 0) is 74.7 Å². The van der Waals surface area contributed by atoms with Gasteiger partial charge in [-0.3, -0.25) is 14.4 Å². The van der Waals surface area contributed by atoms with E-state index >= 15 is 0 Å². The molecular formula is C18H24I3N3O8. The third kappa shape index (κ3) is 7.57. The Morgan fingerprint density at radius 2 is 1.56 bits per heavy atom. The average molecular weight is 791 g/mol. The molecule has 11 nitrogen and oxygen atoms in total. The van der Waals surface area contributed by atoms with Crippen molar-refractivity contribution in [2.24, 2.45) is 0 Å². The van der Waals surface area contributed by atoms with Gasteiger partial charge in [0.15, 0.2) is 0 Å². The lowest BCUT2D eigenvalue weighted by molar-refractivity contribution is -0.123. The highest BCUT2D eigenvalue weighted by atomic mass is 127. The number of anilines is 1. The van der Waals surface area contributed by atoms with Crippen LogP contribution in [0.3, 0.4) is 0 Å². The number of carbonyl (C=O) groups excluding carboxylic acids is 3. The monoisotopic (exact) mass is 791 g/mol. The molecule has 0 fully saturated rings. The van der Waals surface area contributed by atoms with Gasteiger partial charge in [0.1, 0.15) is 6.10 Å². The lowest BCUT2D eigenvalue weighted by Crippen LogP contribution is -2.41. The van der Waals surface area contributed by atoms with Crippen molar-refractivity contribution in [3.63, 3.8) is 0 Å². The molecule has 0 aliphatic rings. The molecule has 3 amide bonds. The summed E-state index contributed by atoms with van der Waals surface area (Å²) in [4.78, 5) is 39.5. The van der Waals surface area contributed by atoms with Crippen molar-refractivity contribution in [3.8, 4) is 0 Å². The summed E-state index contributed by atoms with van der Waals surface area (Å²) in [6.07, 6.45) is -2.59. The van der Waals surface area contributed by atoms with Gasteiger partial charge < -0.3 is 41.1 Å². The van der Waals surface area contributed by atoms with E-state index in [1.54, 1.807) is 0 Å². The van der Waals surface area contributed by atoms with Crippen molar-refractivity contribution in [3.05, 3.63) is 21.8 Å². The van der Waals surface area contributed by atoms with Crippen LogP contribution in [0.1, 0.15) is 27.6 Å². The highest BCUT2D eigenvalue weighted by Gasteiger charge is 2.31. The van der Waals surface area contributed by atoms with Crippen LogP contribution in [0.15, 0.2) is 0 Å². The molecule has 1 rings (SSSR count). The minimum Gasteiger partial charge on any atom is -0.395 e. The Kier molecular flexibility index (Phi) is 13.1. The van der Waals surface area contributed by atoms with E-state index < -0.39 is 43.1 Å². The molecule has 180 valence electrons.